The Hall–Kier alpha value is -4.45. The molecule has 1 atom stereocenters. The largest absolute Gasteiger partial charge is 0.493 e. The zero-order valence-corrected chi connectivity index (χ0v) is 22.2. The molecule has 0 fully saturated rings. The lowest BCUT2D eigenvalue weighted by atomic mass is 10.1. The van der Waals surface area contributed by atoms with Gasteiger partial charge in [0.1, 0.15) is 0 Å². The number of ether oxygens (including phenoxy) is 3. The molecule has 0 aliphatic rings. The minimum atomic E-state index is -0.419. The number of nitrogens with one attached hydrogen (secondary N) is 2. The van der Waals surface area contributed by atoms with Gasteiger partial charge in [0.2, 0.25) is 5.75 Å². The van der Waals surface area contributed by atoms with Crippen LogP contribution in [0.25, 0.3) is 10.1 Å². The van der Waals surface area contributed by atoms with Crippen molar-refractivity contribution in [3.63, 3.8) is 0 Å². The van der Waals surface area contributed by atoms with Crippen molar-refractivity contribution in [2.45, 2.75) is 12.6 Å². The van der Waals surface area contributed by atoms with Crippen LogP contribution in [-0.4, -0.2) is 67.9 Å². The van der Waals surface area contributed by atoms with Crippen LogP contribution >= 0.6 is 11.3 Å². The molecule has 2 N–H and O–H groups in total. The number of hydrogen-bond acceptors (Lipinski definition) is 9. The average Bonchev–Trinajstić information content (AvgIpc) is 3.61. The molecule has 4 rings (SSSR count). The molecule has 0 aliphatic carbocycles. The molecule has 2 aromatic heterocycles. The van der Waals surface area contributed by atoms with Gasteiger partial charge in [-0.3, -0.25) is 14.6 Å². The molecule has 2 amide bonds. The second-order valence-corrected chi connectivity index (χ2v) is 9.03. The molecule has 0 saturated heterocycles. The third-order valence-electron chi connectivity index (χ3n) is 5.77. The zero-order chi connectivity index (χ0) is 27.1. The lowest BCUT2D eigenvalue weighted by Crippen LogP contribution is -2.30. The van der Waals surface area contributed by atoms with Crippen LogP contribution in [-0.2, 0) is 6.54 Å². The molecule has 0 radical (unpaired) electrons. The van der Waals surface area contributed by atoms with Crippen LogP contribution < -0.4 is 24.8 Å². The number of aliphatic imine (C=N–C) groups is 1. The van der Waals surface area contributed by atoms with Crippen LogP contribution in [0.5, 0.6) is 17.2 Å². The van der Waals surface area contributed by atoms with Gasteiger partial charge in [0, 0.05) is 24.5 Å². The van der Waals surface area contributed by atoms with E-state index in [0.717, 1.165) is 10.9 Å². The van der Waals surface area contributed by atoms with Crippen molar-refractivity contribution >= 4 is 39.5 Å². The normalized spacial score (nSPS) is 11.9. The van der Waals surface area contributed by atoms with E-state index >= 15 is 0 Å². The van der Waals surface area contributed by atoms with Crippen molar-refractivity contribution in [1.29, 1.82) is 0 Å². The summed E-state index contributed by atoms with van der Waals surface area (Å²) in [5.74, 6) is 0.313. The third kappa shape index (κ3) is 5.75. The van der Waals surface area contributed by atoms with Gasteiger partial charge < -0.3 is 24.8 Å². The first-order chi connectivity index (χ1) is 18.5. The number of carbonyl (C=O) groups is 2. The van der Waals surface area contributed by atoms with Gasteiger partial charge >= 0.3 is 0 Å². The van der Waals surface area contributed by atoms with E-state index in [2.05, 4.69) is 25.9 Å². The summed E-state index contributed by atoms with van der Waals surface area (Å²) in [6, 6.07) is 10.9. The highest BCUT2D eigenvalue weighted by molar-refractivity contribution is 7.17. The maximum atomic E-state index is 12.9. The number of rotatable bonds is 11. The van der Waals surface area contributed by atoms with Crippen molar-refractivity contribution in [1.82, 2.24) is 25.6 Å². The van der Waals surface area contributed by atoms with Crippen LogP contribution in [0.2, 0.25) is 0 Å². The van der Waals surface area contributed by atoms with Crippen molar-refractivity contribution < 1.29 is 23.8 Å². The van der Waals surface area contributed by atoms with E-state index in [-0.39, 0.29) is 29.8 Å². The monoisotopic (exact) mass is 536 g/mol. The summed E-state index contributed by atoms with van der Waals surface area (Å²) in [5, 5.41) is 16.9. The number of amides is 2. The lowest BCUT2D eigenvalue weighted by molar-refractivity contribution is 0.0935. The van der Waals surface area contributed by atoms with E-state index < -0.39 is 6.04 Å². The molecule has 38 heavy (non-hydrogen) atoms. The Labute approximate surface area is 223 Å². The van der Waals surface area contributed by atoms with Crippen LogP contribution in [0.15, 0.2) is 53.0 Å². The van der Waals surface area contributed by atoms with Gasteiger partial charge in [0.15, 0.2) is 17.2 Å². The van der Waals surface area contributed by atoms with Crippen LogP contribution in [0.4, 0.5) is 0 Å². The summed E-state index contributed by atoms with van der Waals surface area (Å²) in [7, 11) is 6.09. The summed E-state index contributed by atoms with van der Waals surface area (Å²) in [5.41, 5.74) is 1.37. The van der Waals surface area contributed by atoms with Crippen molar-refractivity contribution in [3.8, 4) is 17.2 Å². The smallest absolute Gasteiger partial charge is 0.274 e. The molecule has 0 saturated carbocycles. The van der Waals surface area contributed by atoms with E-state index in [0.29, 0.717) is 23.6 Å². The minimum absolute atomic E-state index is 0.156. The topological polar surface area (TPSA) is 129 Å². The van der Waals surface area contributed by atoms with Gasteiger partial charge in [-0.2, -0.15) is 0 Å². The minimum Gasteiger partial charge on any atom is -0.493 e. The fourth-order valence-electron chi connectivity index (χ4n) is 3.92. The second kappa shape index (κ2) is 12.2. The molecule has 198 valence electrons. The fraction of sp³-hybridized carbons (Fsp3) is 0.269. The molecule has 0 spiro atoms. The van der Waals surface area contributed by atoms with Crippen LogP contribution in [0, 0.1) is 0 Å². The molecule has 4 aromatic rings. The molecule has 0 aliphatic heterocycles. The Morgan fingerprint density at radius 3 is 2.63 bits per heavy atom. The standard InChI is InChI=1S/C26H28N6O5S/c1-27-14-19(16-5-8-22-17(13-16)9-12-38-22)29-26(34)20-15-32(31-30-20)11-10-28-25(33)18-6-7-21(35-2)24(37-4)23(18)36-3/h5-9,12-15,19H,10-11H2,1-4H3,(H,28,33)(H,29,34). The van der Waals surface area contributed by atoms with Gasteiger partial charge in [-0.05, 0) is 46.7 Å². The SMILES string of the molecule is CN=CC(NC(=O)c1cn(CCNC(=O)c2ccc(OC)c(OC)c2OC)nn1)c1ccc2sccc2c1. The zero-order valence-electron chi connectivity index (χ0n) is 21.4. The number of thiophene rings is 1. The number of nitrogens with zero attached hydrogens (tertiary/aromatic N) is 4. The second-order valence-electron chi connectivity index (χ2n) is 8.08. The fourth-order valence-corrected chi connectivity index (χ4v) is 4.69. The van der Waals surface area contributed by atoms with Crippen LogP contribution in [0.1, 0.15) is 32.5 Å². The molecule has 1 unspecified atom stereocenters. The lowest BCUT2D eigenvalue weighted by Gasteiger charge is -2.15. The molecule has 12 heteroatoms. The number of methoxy groups -OCH3 is 3. The molecule has 2 heterocycles. The first-order valence-electron chi connectivity index (χ1n) is 11.7. The first-order valence-corrected chi connectivity index (χ1v) is 12.5. The van der Waals surface area contributed by atoms with Crippen molar-refractivity contribution in [2.24, 2.45) is 4.99 Å². The highest BCUT2D eigenvalue weighted by Crippen LogP contribution is 2.39. The number of fused-ring (bicyclic) bond motifs is 1. The first kappa shape index (κ1) is 26.6. The van der Waals surface area contributed by atoms with Crippen LogP contribution in [0.3, 0.4) is 0 Å². The Kier molecular flexibility index (Phi) is 8.54. The summed E-state index contributed by atoms with van der Waals surface area (Å²) in [4.78, 5) is 29.8. The van der Waals surface area contributed by atoms with Gasteiger partial charge in [-0.15, -0.1) is 16.4 Å². The number of carbonyl (C=O) groups excluding carboxylic acids is 2. The Balaban J connectivity index is 1.37. The summed E-state index contributed by atoms with van der Waals surface area (Å²) in [6.07, 6.45) is 3.20. The highest BCUT2D eigenvalue weighted by atomic mass is 32.1. The van der Waals surface area contributed by atoms with E-state index in [1.165, 1.54) is 36.9 Å². The van der Waals surface area contributed by atoms with E-state index in [1.54, 1.807) is 36.7 Å². The quantitative estimate of drug-likeness (QED) is 0.282. The Morgan fingerprint density at radius 2 is 1.89 bits per heavy atom. The summed E-state index contributed by atoms with van der Waals surface area (Å²) >= 11 is 1.66. The molecule has 11 nitrogen and oxygen atoms in total. The Bertz CT molecular complexity index is 1460. The number of benzene rings is 2. The van der Waals surface area contributed by atoms with E-state index in [9.17, 15) is 9.59 Å². The predicted molar refractivity (Wildman–Crippen MR) is 145 cm³/mol. The third-order valence-corrected chi connectivity index (χ3v) is 6.66. The summed E-state index contributed by atoms with van der Waals surface area (Å²) in [6.45, 7) is 0.544. The van der Waals surface area contributed by atoms with Gasteiger partial charge in [-0.25, -0.2) is 4.68 Å². The van der Waals surface area contributed by atoms with Gasteiger partial charge in [-0.1, -0.05) is 11.3 Å². The van der Waals surface area contributed by atoms with Gasteiger partial charge in [0.05, 0.1) is 45.7 Å². The summed E-state index contributed by atoms with van der Waals surface area (Å²) < 4.78 is 18.6. The van der Waals surface area contributed by atoms with Gasteiger partial charge in [0.25, 0.3) is 11.8 Å². The molecule has 2 aromatic carbocycles. The molecule has 0 bridgehead atoms. The van der Waals surface area contributed by atoms with Crippen molar-refractivity contribution in [2.75, 3.05) is 34.9 Å². The van der Waals surface area contributed by atoms with E-state index in [1.807, 2.05) is 29.6 Å². The molecular weight excluding hydrogens is 508 g/mol. The predicted octanol–water partition coefficient (Wildman–Crippen LogP) is 3.12. The average molecular weight is 537 g/mol. The van der Waals surface area contributed by atoms with E-state index in [4.69, 9.17) is 14.2 Å². The maximum absolute atomic E-state index is 12.9. The number of aromatic nitrogens is 3. The molecular formula is C26H28N6O5S. The van der Waals surface area contributed by atoms with Crippen molar-refractivity contribution in [3.05, 3.63) is 64.8 Å². The highest BCUT2D eigenvalue weighted by Gasteiger charge is 2.21. The Morgan fingerprint density at radius 1 is 1.08 bits per heavy atom. The maximum Gasteiger partial charge on any atom is 0.274 e. The number of hydrogen-bond donors (Lipinski definition) is 2.